The number of nitrogens with two attached hydrogens (primary N) is 1. The third kappa shape index (κ3) is 1.53. The first-order valence-electron chi connectivity index (χ1n) is 3.14. The van der Waals surface area contributed by atoms with Crippen molar-refractivity contribution in [2.75, 3.05) is 5.73 Å². The van der Waals surface area contributed by atoms with Crippen molar-refractivity contribution in [1.82, 2.24) is 9.97 Å². The van der Waals surface area contributed by atoms with E-state index in [0.29, 0.717) is 0 Å². The van der Waals surface area contributed by atoms with Crippen LogP contribution in [0, 0.1) is 0 Å². The molecule has 0 unspecified atom stereocenters. The molecule has 0 aliphatic rings. The first kappa shape index (κ1) is 8.91. The average Bonchev–Trinajstić information content (AvgIpc) is 2.03. The van der Waals surface area contributed by atoms with Crippen LogP contribution in [0.25, 0.3) is 0 Å². The van der Waals surface area contributed by atoms with Gasteiger partial charge >= 0.3 is 5.97 Å². The number of aromatic carboxylic acids is 1. The van der Waals surface area contributed by atoms with Crippen molar-refractivity contribution in [3.8, 4) is 0 Å². The van der Waals surface area contributed by atoms with Crippen molar-refractivity contribution < 1.29 is 14.7 Å². The molecule has 0 bridgehead atoms. The molecule has 1 rings (SSSR count). The van der Waals surface area contributed by atoms with Gasteiger partial charge in [-0.3, -0.25) is 9.59 Å². The molecule has 1 heterocycles. The van der Waals surface area contributed by atoms with Crippen LogP contribution in [0.3, 0.4) is 0 Å². The SMILES string of the molecule is Nc1[nH]c(=O)c(C(=O)O)nc1C=O. The third-order valence-corrected chi connectivity index (χ3v) is 1.29. The van der Waals surface area contributed by atoms with Gasteiger partial charge in [0.1, 0.15) is 11.5 Å². The normalized spacial score (nSPS) is 9.54. The number of nitrogens with zero attached hydrogens (tertiary/aromatic N) is 1. The molecule has 7 heteroatoms. The number of H-pyrrole nitrogens is 1. The number of carbonyl (C=O) groups is 2. The van der Waals surface area contributed by atoms with Gasteiger partial charge in [0.05, 0.1) is 0 Å². The summed E-state index contributed by atoms with van der Waals surface area (Å²) in [6.07, 6.45) is 0.262. The number of carboxylic acids is 1. The zero-order valence-corrected chi connectivity index (χ0v) is 6.27. The fraction of sp³-hybridized carbons (Fsp3) is 0. The van der Waals surface area contributed by atoms with E-state index in [1.54, 1.807) is 0 Å². The van der Waals surface area contributed by atoms with Crippen LogP contribution in [0.1, 0.15) is 21.0 Å². The molecule has 0 amide bonds. The molecule has 0 aromatic carbocycles. The lowest BCUT2D eigenvalue weighted by Crippen LogP contribution is -2.23. The van der Waals surface area contributed by atoms with Crippen LogP contribution < -0.4 is 11.3 Å². The number of carboxylic acid groups (broad SMARTS) is 1. The molecular formula is C6H5N3O4. The van der Waals surface area contributed by atoms with Crippen LogP contribution in [-0.4, -0.2) is 27.3 Å². The van der Waals surface area contributed by atoms with Crippen LogP contribution in [0.4, 0.5) is 5.82 Å². The Morgan fingerprint density at radius 2 is 2.23 bits per heavy atom. The van der Waals surface area contributed by atoms with Gasteiger partial charge in [0, 0.05) is 0 Å². The summed E-state index contributed by atoms with van der Waals surface area (Å²) in [4.78, 5) is 36.7. The summed E-state index contributed by atoms with van der Waals surface area (Å²) >= 11 is 0. The lowest BCUT2D eigenvalue weighted by Gasteiger charge is -1.97. The summed E-state index contributed by atoms with van der Waals surface area (Å²) in [7, 11) is 0. The molecule has 1 aromatic heterocycles. The summed E-state index contributed by atoms with van der Waals surface area (Å²) in [5.41, 5.74) is 3.18. The number of nitrogen functional groups attached to an aromatic ring is 1. The van der Waals surface area contributed by atoms with Gasteiger partial charge < -0.3 is 15.8 Å². The Balaban J connectivity index is 3.48. The van der Waals surface area contributed by atoms with Gasteiger partial charge in [-0.25, -0.2) is 9.78 Å². The van der Waals surface area contributed by atoms with Crippen molar-refractivity contribution in [1.29, 1.82) is 0 Å². The van der Waals surface area contributed by atoms with Gasteiger partial charge in [0.25, 0.3) is 5.56 Å². The second kappa shape index (κ2) is 3.05. The third-order valence-electron chi connectivity index (χ3n) is 1.29. The highest BCUT2D eigenvalue weighted by Gasteiger charge is 2.13. The molecule has 0 fully saturated rings. The van der Waals surface area contributed by atoms with Crippen molar-refractivity contribution >= 4 is 18.1 Å². The van der Waals surface area contributed by atoms with Crippen LogP contribution >= 0.6 is 0 Å². The molecule has 0 spiro atoms. The number of aldehydes is 1. The lowest BCUT2D eigenvalue weighted by molar-refractivity contribution is 0.0688. The molecule has 1 aromatic rings. The topological polar surface area (TPSA) is 126 Å². The maximum atomic E-state index is 10.9. The molecule has 0 aliphatic carbocycles. The van der Waals surface area contributed by atoms with Gasteiger partial charge in [0.2, 0.25) is 5.69 Å². The van der Waals surface area contributed by atoms with E-state index in [4.69, 9.17) is 10.8 Å². The number of hydrogen-bond donors (Lipinski definition) is 3. The van der Waals surface area contributed by atoms with E-state index in [2.05, 4.69) is 4.98 Å². The number of anilines is 1. The lowest BCUT2D eigenvalue weighted by atomic mass is 10.4. The van der Waals surface area contributed by atoms with Gasteiger partial charge in [-0.1, -0.05) is 0 Å². The molecule has 68 valence electrons. The molecule has 0 saturated carbocycles. The highest BCUT2D eigenvalue weighted by Crippen LogP contribution is 1.98. The molecule has 0 saturated heterocycles. The second-order valence-electron chi connectivity index (χ2n) is 2.14. The number of hydrogen-bond acceptors (Lipinski definition) is 5. The predicted octanol–water partition coefficient (Wildman–Crippen LogP) is -1.14. The zero-order chi connectivity index (χ0) is 10.0. The standard InChI is InChI=1S/C6H5N3O4/c7-4-2(1-10)8-3(6(12)13)5(11)9-4/h1H,(H,12,13)(H3,7,9,11). The van der Waals surface area contributed by atoms with E-state index in [9.17, 15) is 14.4 Å². The van der Waals surface area contributed by atoms with Gasteiger partial charge in [-0.2, -0.15) is 0 Å². The average molecular weight is 183 g/mol. The minimum absolute atomic E-state index is 0.245. The van der Waals surface area contributed by atoms with Gasteiger partial charge in [-0.15, -0.1) is 0 Å². The van der Waals surface area contributed by atoms with Crippen molar-refractivity contribution in [3.63, 3.8) is 0 Å². The highest BCUT2D eigenvalue weighted by molar-refractivity contribution is 5.87. The molecule has 13 heavy (non-hydrogen) atoms. The van der Waals surface area contributed by atoms with E-state index >= 15 is 0 Å². The van der Waals surface area contributed by atoms with Crippen molar-refractivity contribution in [2.45, 2.75) is 0 Å². The number of aromatic amines is 1. The van der Waals surface area contributed by atoms with Crippen LogP contribution in [0.15, 0.2) is 4.79 Å². The fourth-order valence-electron chi connectivity index (χ4n) is 0.712. The quantitative estimate of drug-likeness (QED) is 0.497. The van der Waals surface area contributed by atoms with Crippen LogP contribution in [-0.2, 0) is 0 Å². The van der Waals surface area contributed by atoms with Crippen LogP contribution in [0.2, 0.25) is 0 Å². The van der Waals surface area contributed by atoms with E-state index in [0.717, 1.165) is 0 Å². The minimum atomic E-state index is -1.51. The maximum absolute atomic E-state index is 10.9. The Hall–Kier alpha value is -2.18. The Bertz CT molecular complexity index is 422. The Morgan fingerprint density at radius 3 is 2.69 bits per heavy atom. The van der Waals surface area contributed by atoms with Gasteiger partial charge in [-0.05, 0) is 0 Å². The molecule has 0 atom stereocenters. The number of nitrogens with one attached hydrogen (secondary N) is 1. The number of aromatic nitrogens is 2. The van der Waals surface area contributed by atoms with Crippen molar-refractivity contribution in [3.05, 3.63) is 21.7 Å². The summed E-state index contributed by atoms with van der Waals surface area (Å²) in [6.45, 7) is 0. The van der Waals surface area contributed by atoms with E-state index in [1.165, 1.54) is 0 Å². The van der Waals surface area contributed by atoms with E-state index in [-0.39, 0.29) is 17.8 Å². The molecular weight excluding hydrogens is 178 g/mol. The Labute approximate surface area is 71.2 Å². The van der Waals surface area contributed by atoms with E-state index in [1.807, 2.05) is 4.98 Å². The minimum Gasteiger partial charge on any atom is -0.476 e. The fourth-order valence-corrected chi connectivity index (χ4v) is 0.712. The highest BCUT2D eigenvalue weighted by atomic mass is 16.4. The summed E-state index contributed by atoms with van der Waals surface area (Å²) < 4.78 is 0. The zero-order valence-electron chi connectivity index (χ0n) is 6.27. The molecule has 0 aliphatic heterocycles. The molecule has 7 nitrogen and oxygen atoms in total. The van der Waals surface area contributed by atoms with Crippen LogP contribution in [0.5, 0.6) is 0 Å². The smallest absolute Gasteiger partial charge is 0.360 e. The number of carbonyl (C=O) groups excluding carboxylic acids is 1. The Morgan fingerprint density at radius 1 is 1.62 bits per heavy atom. The summed E-state index contributed by atoms with van der Waals surface area (Å²) in [5.74, 6) is -1.76. The van der Waals surface area contributed by atoms with Crippen molar-refractivity contribution in [2.24, 2.45) is 0 Å². The summed E-state index contributed by atoms with van der Waals surface area (Å²) in [6, 6.07) is 0. The first-order chi connectivity index (χ1) is 6.06. The maximum Gasteiger partial charge on any atom is 0.360 e. The van der Waals surface area contributed by atoms with Gasteiger partial charge in [0.15, 0.2) is 6.29 Å². The first-order valence-corrected chi connectivity index (χ1v) is 3.14. The summed E-state index contributed by atoms with van der Waals surface area (Å²) in [5, 5.41) is 8.44. The Kier molecular flexibility index (Phi) is 2.09. The predicted molar refractivity (Wildman–Crippen MR) is 41.6 cm³/mol. The number of rotatable bonds is 2. The molecule has 0 radical (unpaired) electrons. The second-order valence-corrected chi connectivity index (χ2v) is 2.14. The molecule has 4 N–H and O–H groups in total. The largest absolute Gasteiger partial charge is 0.476 e. The monoisotopic (exact) mass is 183 g/mol. The van der Waals surface area contributed by atoms with E-state index < -0.39 is 17.2 Å².